The van der Waals surface area contributed by atoms with Gasteiger partial charge in [0.05, 0.1) is 18.7 Å². The molecule has 2 aromatic rings. The van der Waals surface area contributed by atoms with Crippen LogP contribution >= 0.6 is 0 Å². The third-order valence-corrected chi connectivity index (χ3v) is 2.66. The molecule has 1 heterocycles. The number of hydrogen-bond donors (Lipinski definition) is 2. The minimum absolute atomic E-state index is 0.152. The standard InChI is InChI=1S/C15H14FN3O2/c1-10-7-13(19-21-10)9-18-15(20)12-5-4-11(3-2-6-17)14(16)8-12/h4-5,7-8H,6,9,17H2,1H3,(H,18,20). The Morgan fingerprint density at radius 2 is 2.29 bits per heavy atom. The van der Waals surface area contributed by atoms with Crippen LogP contribution in [0.25, 0.3) is 0 Å². The molecule has 0 atom stereocenters. The zero-order valence-corrected chi connectivity index (χ0v) is 11.4. The van der Waals surface area contributed by atoms with Crippen molar-refractivity contribution in [1.82, 2.24) is 10.5 Å². The molecule has 1 aromatic carbocycles. The van der Waals surface area contributed by atoms with Crippen LogP contribution in [0.15, 0.2) is 28.8 Å². The van der Waals surface area contributed by atoms with Gasteiger partial charge in [-0.05, 0) is 25.1 Å². The highest BCUT2D eigenvalue weighted by Gasteiger charge is 2.09. The quantitative estimate of drug-likeness (QED) is 0.835. The van der Waals surface area contributed by atoms with Crippen molar-refractivity contribution in [1.29, 1.82) is 0 Å². The van der Waals surface area contributed by atoms with E-state index in [0.29, 0.717) is 11.5 Å². The van der Waals surface area contributed by atoms with E-state index in [1.54, 1.807) is 13.0 Å². The van der Waals surface area contributed by atoms with Crippen LogP contribution in [0.3, 0.4) is 0 Å². The molecule has 5 nitrogen and oxygen atoms in total. The molecule has 0 radical (unpaired) electrons. The summed E-state index contributed by atoms with van der Waals surface area (Å²) < 4.78 is 18.6. The Balaban J connectivity index is 2.04. The van der Waals surface area contributed by atoms with Gasteiger partial charge in [-0.2, -0.15) is 0 Å². The van der Waals surface area contributed by atoms with Gasteiger partial charge in [-0.3, -0.25) is 4.79 Å². The number of rotatable bonds is 3. The molecule has 21 heavy (non-hydrogen) atoms. The average Bonchev–Trinajstić information content (AvgIpc) is 2.89. The number of amides is 1. The number of benzene rings is 1. The average molecular weight is 287 g/mol. The van der Waals surface area contributed by atoms with E-state index in [-0.39, 0.29) is 24.2 Å². The third-order valence-electron chi connectivity index (χ3n) is 2.66. The molecule has 0 aliphatic heterocycles. The first-order valence-electron chi connectivity index (χ1n) is 6.29. The predicted octanol–water partition coefficient (Wildman–Crippen LogP) is 1.36. The van der Waals surface area contributed by atoms with E-state index < -0.39 is 11.7 Å². The summed E-state index contributed by atoms with van der Waals surface area (Å²) in [7, 11) is 0. The molecule has 0 fully saturated rings. The van der Waals surface area contributed by atoms with Gasteiger partial charge in [-0.15, -0.1) is 0 Å². The molecule has 0 saturated heterocycles. The molecule has 1 aromatic heterocycles. The fourth-order valence-electron chi connectivity index (χ4n) is 1.68. The van der Waals surface area contributed by atoms with Crippen molar-refractivity contribution in [3.8, 4) is 11.8 Å². The SMILES string of the molecule is Cc1cc(CNC(=O)c2ccc(C#CCN)c(F)c2)no1. The Kier molecular flexibility index (Phi) is 4.69. The summed E-state index contributed by atoms with van der Waals surface area (Å²) in [5, 5.41) is 6.39. The molecular weight excluding hydrogens is 273 g/mol. The summed E-state index contributed by atoms with van der Waals surface area (Å²) in [6, 6.07) is 5.82. The monoisotopic (exact) mass is 287 g/mol. The first-order chi connectivity index (χ1) is 10.1. The molecule has 0 saturated carbocycles. The lowest BCUT2D eigenvalue weighted by atomic mass is 10.1. The Morgan fingerprint density at radius 3 is 2.90 bits per heavy atom. The maximum absolute atomic E-state index is 13.7. The highest BCUT2D eigenvalue weighted by Crippen LogP contribution is 2.10. The first kappa shape index (κ1) is 14.8. The lowest BCUT2D eigenvalue weighted by molar-refractivity contribution is 0.0949. The number of nitrogens with zero attached hydrogens (tertiary/aromatic N) is 1. The van der Waals surface area contributed by atoms with Crippen molar-refractivity contribution >= 4 is 5.91 Å². The van der Waals surface area contributed by atoms with Gasteiger partial charge in [0.2, 0.25) is 0 Å². The molecule has 0 aliphatic rings. The van der Waals surface area contributed by atoms with Crippen molar-refractivity contribution < 1.29 is 13.7 Å². The van der Waals surface area contributed by atoms with Crippen molar-refractivity contribution in [2.75, 3.05) is 6.54 Å². The van der Waals surface area contributed by atoms with Crippen molar-refractivity contribution in [3.05, 3.63) is 52.7 Å². The zero-order chi connectivity index (χ0) is 15.2. The molecule has 0 spiro atoms. The lowest BCUT2D eigenvalue weighted by Gasteiger charge is -2.04. The van der Waals surface area contributed by atoms with Crippen molar-refractivity contribution in [2.24, 2.45) is 5.73 Å². The van der Waals surface area contributed by atoms with Gasteiger partial charge in [-0.25, -0.2) is 4.39 Å². The highest BCUT2D eigenvalue weighted by molar-refractivity contribution is 5.94. The Bertz CT molecular complexity index is 713. The molecule has 3 N–H and O–H groups in total. The second kappa shape index (κ2) is 6.68. The van der Waals surface area contributed by atoms with E-state index in [0.717, 1.165) is 6.07 Å². The van der Waals surface area contributed by atoms with Gasteiger partial charge in [0.15, 0.2) is 0 Å². The van der Waals surface area contributed by atoms with E-state index in [2.05, 4.69) is 22.3 Å². The molecule has 6 heteroatoms. The predicted molar refractivity (Wildman–Crippen MR) is 74.7 cm³/mol. The smallest absolute Gasteiger partial charge is 0.251 e. The van der Waals surface area contributed by atoms with E-state index in [1.807, 2.05) is 0 Å². The maximum atomic E-state index is 13.7. The first-order valence-corrected chi connectivity index (χ1v) is 6.29. The van der Waals surface area contributed by atoms with E-state index >= 15 is 0 Å². The van der Waals surface area contributed by atoms with Gasteiger partial charge in [0.25, 0.3) is 5.91 Å². The number of carbonyl (C=O) groups is 1. The van der Waals surface area contributed by atoms with Crippen molar-refractivity contribution in [2.45, 2.75) is 13.5 Å². The van der Waals surface area contributed by atoms with Gasteiger partial charge in [-0.1, -0.05) is 17.0 Å². The van der Waals surface area contributed by atoms with Crippen LogP contribution in [0, 0.1) is 24.6 Å². The van der Waals surface area contributed by atoms with Crippen LogP contribution in [0.1, 0.15) is 27.4 Å². The fourth-order valence-corrected chi connectivity index (χ4v) is 1.68. The lowest BCUT2D eigenvalue weighted by Crippen LogP contribution is -2.23. The van der Waals surface area contributed by atoms with Crippen LogP contribution in [-0.4, -0.2) is 17.6 Å². The van der Waals surface area contributed by atoms with Crippen LogP contribution in [0.2, 0.25) is 0 Å². The number of halogens is 1. The second-order valence-electron chi connectivity index (χ2n) is 4.31. The largest absolute Gasteiger partial charge is 0.361 e. The molecule has 108 valence electrons. The van der Waals surface area contributed by atoms with Gasteiger partial charge in [0.1, 0.15) is 17.3 Å². The Labute approximate surface area is 121 Å². The number of carbonyl (C=O) groups excluding carboxylic acids is 1. The number of hydrogen-bond acceptors (Lipinski definition) is 4. The van der Waals surface area contributed by atoms with Gasteiger partial charge in [0, 0.05) is 11.6 Å². The Morgan fingerprint density at radius 1 is 1.48 bits per heavy atom. The topological polar surface area (TPSA) is 81.2 Å². The Hall–Kier alpha value is -2.65. The van der Waals surface area contributed by atoms with Crippen molar-refractivity contribution in [3.63, 3.8) is 0 Å². The zero-order valence-electron chi connectivity index (χ0n) is 11.4. The third kappa shape index (κ3) is 3.91. The minimum atomic E-state index is -0.555. The summed E-state index contributed by atoms with van der Waals surface area (Å²) in [6.45, 7) is 2.13. The molecule has 2 rings (SSSR count). The summed E-state index contributed by atoms with van der Waals surface area (Å²) in [6.07, 6.45) is 0. The summed E-state index contributed by atoms with van der Waals surface area (Å²) in [5.41, 5.74) is 6.26. The molecule has 0 bridgehead atoms. The van der Waals surface area contributed by atoms with Crippen LogP contribution in [0.5, 0.6) is 0 Å². The van der Waals surface area contributed by atoms with Gasteiger partial charge < -0.3 is 15.6 Å². The van der Waals surface area contributed by atoms with E-state index in [9.17, 15) is 9.18 Å². The normalized spacial score (nSPS) is 9.86. The van der Waals surface area contributed by atoms with Crippen LogP contribution in [-0.2, 0) is 6.54 Å². The van der Waals surface area contributed by atoms with Crippen LogP contribution < -0.4 is 11.1 Å². The molecule has 0 unspecified atom stereocenters. The fraction of sp³-hybridized carbons (Fsp3) is 0.200. The molecule has 1 amide bonds. The summed E-state index contributed by atoms with van der Waals surface area (Å²) in [5.74, 6) is 4.87. The second-order valence-corrected chi connectivity index (χ2v) is 4.31. The van der Waals surface area contributed by atoms with E-state index in [1.165, 1.54) is 12.1 Å². The van der Waals surface area contributed by atoms with Crippen LogP contribution in [0.4, 0.5) is 4.39 Å². The number of aryl methyl sites for hydroxylation is 1. The molecular formula is C15H14FN3O2. The highest BCUT2D eigenvalue weighted by atomic mass is 19.1. The number of nitrogens with two attached hydrogens (primary N) is 1. The van der Waals surface area contributed by atoms with Gasteiger partial charge >= 0.3 is 0 Å². The molecule has 0 aliphatic carbocycles. The summed E-state index contributed by atoms with van der Waals surface area (Å²) in [4.78, 5) is 11.9. The number of nitrogens with one attached hydrogen (secondary N) is 1. The summed E-state index contributed by atoms with van der Waals surface area (Å²) >= 11 is 0. The minimum Gasteiger partial charge on any atom is -0.361 e. The van der Waals surface area contributed by atoms with E-state index in [4.69, 9.17) is 10.3 Å². The maximum Gasteiger partial charge on any atom is 0.251 e. The number of aromatic nitrogens is 1.